The molecule has 7 nitrogen and oxygen atoms in total. The molecule has 26 heavy (non-hydrogen) atoms. The minimum Gasteiger partial charge on any atom is -0.504 e. The van der Waals surface area contributed by atoms with Crippen LogP contribution in [0.1, 0.15) is 24.2 Å². The molecule has 8 heteroatoms. The number of benzene rings is 1. The normalized spacial score (nSPS) is 17.2. The van der Waals surface area contributed by atoms with Crippen LogP contribution in [0.15, 0.2) is 23.4 Å². The molecule has 0 radical (unpaired) electrons. The second kappa shape index (κ2) is 8.75. The minimum absolute atomic E-state index is 0.187. The average molecular weight is 378 g/mol. The molecule has 3 rings (SSSR count). The maximum Gasteiger partial charge on any atom is 0.191 e. The first-order valence-corrected chi connectivity index (χ1v) is 9.96. The summed E-state index contributed by atoms with van der Waals surface area (Å²) in [6, 6.07) is 5.54. The van der Waals surface area contributed by atoms with Gasteiger partial charge in [-0.05, 0) is 32.2 Å². The van der Waals surface area contributed by atoms with Gasteiger partial charge in [0.25, 0.3) is 0 Å². The highest BCUT2D eigenvalue weighted by Gasteiger charge is 2.21. The van der Waals surface area contributed by atoms with Crippen LogP contribution in [0.3, 0.4) is 0 Å². The molecule has 1 saturated heterocycles. The zero-order chi connectivity index (χ0) is 18.5. The quantitative estimate of drug-likeness (QED) is 0.708. The molecule has 142 valence electrons. The molecule has 1 aromatic carbocycles. The zero-order valence-corrected chi connectivity index (χ0v) is 16.3. The first kappa shape index (κ1) is 19.0. The van der Waals surface area contributed by atoms with Gasteiger partial charge in [0.05, 0.1) is 26.3 Å². The molecule has 0 amide bonds. The van der Waals surface area contributed by atoms with Gasteiger partial charge in [-0.2, -0.15) is 0 Å². The van der Waals surface area contributed by atoms with Crippen molar-refractivity contribution in [3.05, 3.63) is 29.6 Å². The molecule has 2 aromatic rings. The third-order valence-electron chi connectivity index (χ3n) is 4.54. The predicted octanol–water partition coefficient (Wildman–Crippen LogP) is 2.53. The number of para-hydroxylation sites is 1. The molecule has 0 bridgehead atoms. The molecule has 1 unspecified atom stereocenters. The number of nitrogens with zero attached hydrogens (tertiary/aromatic N) is 4. The van der Waals surface area contributed by atoms with E-state index in [4.69, 9.17) is 9.47 Å². The fraction of sp³-hybridized carbons (Fsp3) is 0.556. The van der Waals surface area contributed by atoms with Gasteiger partial charge >= 0.3 is 0 Å². The SMILES string of the molecule is COc1cccc(CN(C)Cc2nnc(SC)n2CC2CCCO2)c1O. The van der Waals surface area contributed by atoms with Crippen molar-refractivity contribution < 1.29 is 14.6 Å². The standard InChI is InChI=1S/C18H26N4O3S/c1-21(10-13-6-4-8-15(24-2)17(13)23)12-16-19-20-18(26-3)22(16)11-14-7-5-9-25-14/h4,6,8,14,23H,5,7,9-12H2,1-3H3. The van der Waals surface area contributed by atoms with Gasteiger partial charge < -0.3 is 19.1 Å². The number of methoxy groups -OCH3 is 1. The smallest absolute Gasteiger partial charge is 0.191 e. The van der Waals surface area contributed by atoms with Crippen molar-refractivity contribution in [2.45, 2.75) is 43.7 Å². The second-order valence-corrected chi connectivity index (χ2v) is 7.26. The van der Waals surface area contributed by atoms with E-state index in [0.29, 0.717) is 18.8 Å². The molecular weight excluding hydrogens is 352 g/mol. The van der Waals surface area contributed by atoms with Gasteiger partial charge in [-0.3, -0.25) is 4.90 Å². The van der Waals surface area contributed by atoms with E-state index in [1.54, 1.807) is 24.9 Å². The Bertz CT molecular complexity index is 731. The molecule has 0 saturated carbocycles. The number of hydrogen-bond acceptors (Lipinski definition) is 7. The summed E-state index contributed by atoms with van der Waals surface area (Å²) >= 11 is 1.60. The molecule has 1 atom stereocenters. The van der Waals surface area contributed by atoms with E-state index in [9.17, 15) is 5.11 Å². The largest absolute Gasteiger partial charge is 0.504 e. The molecule has 1 aliphatic rings. The molecule has 0 spiro atoms. The number of hydrogen-bond donors (Lipinski definition) is 1. The lowest BCUT2D eigenvalue weighted by molar-refractivity contribution is 0.0934. The van der Waals surface area contributed by atoms with E-state index in [-0.39, 0.29) is 11.9 Å². The number of aromatic nitrogens is 3. The van der Waals surface area contributed by atoms with Crippen molar-refractivity contribution in [3.8, 4) is 11.5 Å². The Hall–Kier alpha value is -1.77. The number of aromatic hydroxyl groups is 1. The highest BCUT2D eigenvalue weighted by Crippen LogP contribution is 2.30. The van der Waals surface area contributed by atoms with Crippen LogP contribution in [0.4, 0.5) is 0 Å². The molecule has 2 heterocycles. The van der Waals surface area contributed by atoms with Gasteiger partial charge in [-0.1, -0.05) is 23.9 Å². The van der Waals surface area contributed by atoms with Crippen LogP contribution in [-0.4, -0.2) is 57.9 Å². The van der Waals surface area contributed by atoms with Crippen LogP contribution in [-0.2, 0) is 24.4 Å². The number of phenolic OH excluding ortho intramolecular Hbond substituents is 1. The van der Waals surface area contributed by atoms with Crippen LogP contribution in [0.25, 0.3) is 0 Å². The highest BCUT2D eigenvalue weighted by atomic mass is 32.2. The van der Waals surface area contributed by atoms with Gasteiger partial charge in [0.15, 0.2) is 16.7 Å². The summed E-state index contributed by atoms with van der Waals surface area (Å²) in [7, 11) is 3.56. The Morgan fingerprint density at radius 2 is 2.23 bits per heavy atom. The Morgan fingerprint density at radius 1 is 1.38 bits per heavy atom. The van der Waals surface area contributed by atoms with Gasteiger partial charge in [-0.25, -0.2) is 0 Å². The van der Waals surface area contributed by atoms with Gasteiger partial charge in [-0.15, -0.1) is 10.2 Å². The predicted molar refractivity (Wildman–Crippen MR) is 101 cm³/mol. The number of phenols is 1. The van der Waals surface area contributed by atoms with E-state index in [0.717, 1.165) is 42.5 Å². The fourth-order valence-electron chi connectivity index (χ4n) is 3.21. The number of thioether (sulfide) groups is 1. The van der Waals surface area contributed by atoms with Crippen LogP contribution in [0, 0.1) is 0 Å². The fourth-order valence-corrected chi connectivity index (χ4v) is 3.73. The Labute approximate surface area is 158 Å². The summed E-state index contributed by atoms with van der Waals surface area (Å²) in [4.78, 5) is 2.11. The van der Waals surface area contributed by atoms with Crippen molar-refractivity contribution in [3.63, 3.8) is 0 Å². The Kier molecular flexibility index (Phi) is 6.39. The van der Waals surface area contributed by atoms with Crippen LogP contribution in [0.5, 0.6) is 11.5 Å². The van der Waals surface area contributed by atoms with Crippen LogP contribution in [0.2, 0.25) is 0 Å². The van der Waals surface area contributed by atoms with Crippen molar-refractivity contribution in [1.29, 1.82) is 0 Å². The van der Waals surface area contributed by atoms with Gasteiger partial charge in [0.2, 0.25) is 0 Å². The highest BCUT2D eigenvalue weighted by molar-refractivity contribution is 7.98. The summed E-state index contributed by atoms with van der Waals surface area (Å²) < 4.78 is 13.1. The molecule has 1 aliphatic heterocycles. The Morgan fingerprint density at radius 3 is 2.92 bits per heavy atom. The number of rotatable bonds is 8. The van der Waals surface area contributed by atoms with E-state index in [1.807, 2.05) is 25.4 Å². The topological polar surface area (TPSA) is 72.6 Å². The van der Waals surface area contributed by atoms with Crippen molar-refractivity contribution >= 4 is 11.8 Å². The first-order valence-electron chi connectivity index (χ1n) is 8.73. The van der Waals surface area contributed by atoms with E-state index in [1.165, 1.54) is 0 Å². The van der Waals surface area contributed by atoms with Crippen molar-refractivity contribution in [2.24, 2.45) is 0 Å². The van der Waals surface area contributed by atoms with Crippen LogP contribution < -0.4 is 4.74 Å². The summed E-state index contributed by atoms with van der Waals surface area (Å²) in [5, 5.41) is 19.9. The lowest BCUT2D eigenvalue weighted by Crippen LogP contribution is -2.23. The van der Waals surface area contributed by atoms with Crippen LogP contribution >= 0.6 is 11.8 Å². The van der Waals surface area contributed by atoms with Crippen molar-refractivity contribution in [1.82, 2.24) is 19.7 Å². The summed E-state index contributed by atoms with van der Waals surface area (Å²) in [5.41, 5.74) is 0.821. The summed E-state index contributed by atoms with van der Waals surface area (Å²) in [6.45, 7) is 2.85. The molecule has 0 aliphatic carbocycles. The third-order valence-corrected chi connectivity index (χ3v) is 5.21. The second-order valence-electron chi connectivity index (χ2n) is 6.49. The molecule has 1 aromatic heterocycles. The molecular formula is C18H26N4O3S. The van der Waals surface area contributed by atoms with Gasteiger partial charge in [0.1, 0.15) is 5.82 Å². The molecule has 1 fully saturated rings. The lowest BCUT2D eigenvalue weighted by atomic mass is 10.1. The third kappa shape index (κ3) is 4.31. The average Bonchev–Trinajstić information content (AvgIpc) is 3.28. The van der Waals surface area contributed by atoms with E-state index < -0.39 is 0 Å². The maximum absolute atomic E-state index is 10.3. The van der Waals surface area contributed by atoms with E-state index in [2.05, 4.69) is 19.7 Å². The summed E-state index contributed by atoms with van der Waals surface area (Å²) in [6.07, 6.45) is 4.45. The van der Waals surface area contributed by atoms with Crippen molar-refractivity contribution in [2.75, 3.05) is 27.0 Å². The lowest BCUT2D eigenvalue weighted by Gasteiger charge is -2.19. The number of ether oxygens (including phenoxy) is 2. The first-order chi connectivity index (χ1) is 12.6. The van der Waals surface area contributed by atoms with Gasteiger partial charge in [0, 0.05) is 18.7 Å². The maximum atomic E-state index is 10.3. The Balaban J connectivity index is 1.71. The zero-order valence-electron chi connectivity index (χ0n) is 15.5. The monoisotopic (exact) mass is 378 g/mol. The van der Waals surface area contributed by atoms with E-state index >= 15 is 0 Å². The molecule has 1 N–H and O–H groups in total. The minimum atomic E-state index is 0.187. The summed E-state index contributed by atoms with van der Waals surface area (Å²) in [5.74, 6) is 1.59.